The number of piperidine rings is 2. The zero-order chi connectivity index (χ0) is 34.6. The van der Waals surface area contributed by atoms with Crippen LogP contribution in [0.25, 0.3) is 0 Å². The summed E-state index contributed by atoms with van der Waals surface area (Å²) in [5.41, 5.74) is 3.11. The Labute approximate surface area is 266 Å². The molecule has 5 aliphatic heterocycles. The van der Waals surface area contributed by atoms with Crippen LogP contribution in [-0.4, -0.2) is 104 Å². The van der Waals surface area contributed by atoms with Crippen LogP contribution in [0.5, 0.6) is 5.75 Å². The maximum Gasteiger partial charge on any atom is 0.255 e. The van der Waals surface area contributed by atoms with Gasteiger partial charge in [-0.05, 0) is 67.2 Å². The summed E-state index contributed by atoms with van der Waals surface area (Å²) in [5.74, 6) is -2.44. The van der Waals surface area contributed by atoms with Gasteiger partial charge in [0.1, 0.15) is 18.4 Å². The molecule has 0 bridgehead atoms. The first-order valence-electron chi connectivity index (χ1n) is 18.2. The summed E-state index contributed by atoms with van der Waals surface area (Å²) >= 11 is 0. The lowest BCUT2D eigenvalue weighted by Crippen LogP contribution is -2.52. The van der Waals surface area contributed by atoms with Gasteiger partial charge in [-0.15, -0.1) is 0 Å². The Morgan fingerprint density at radius 2 is 1.82 bits per heavy atom. The average Bonchev–Trinajstić information content (AvgIpc) is 3.41. The van der Waals surface area contributed by atoms with Gasteiger partial charge >= 0.3 is 0 Å². The van der Waals surface area contributed by atoms with E-state index < -0.39 is 36.5 Å². The molecule has 10 nitrogen and oxygen atoms in total. The van der Waals surface area contributed by atoms with Gasteiger partial charge in [-0.2, -0.15) is 0 Å². The molecule has 234 valence electrons. The lowest BCUT2D eigenvalue weighted by atomic mass is 10.0. The fraction of sp³-hybridized carbons (Fsp3) is 0.559. The predicted molar refractivity (Wildman–Crippen MR) is 165 cm³/mol. The van der Waals surface area contributed by atoms with Crippen molar-refractivity contribution in [2.75, 3.05) is 64.0 Å². The Hall–Kier alpha value is -3.47. The highest BCUT2D eigenvalue weighted by atomic mass is 16.5. The van der Waals surface area contributed by atoms with Crippen molar-refractivity contribution < 1.29 is 30.7 Å². The largest absolute Gasteiger partial charge is 0.492 e. The summed E-state index contributed by atoms with van der Waals surface area (Å²) in [7, 11) is 0. The molecular formula is C34H43N5O5. The maximum absolute atomic E-state index is 13.3. The minimum atomic E-state index is -3.30. The summed E-state index contributed by atoms with van der Waals surface area (Å²) in [4.78, 5) is 46.4. The van der Waals surface area contributed by atoms with Crippen LogP contribution in [0, 0.1) is 5.92 Å². The number of benzene rings is 2. The number of carbonyl (C=O) groups is 3. The number of anilines is 1. The molecule has 0 aliphatic carbocycles. The van der Waals surface area contributed by atoms with Crippen molar-refractivity contribution in [2.24, 2.45) is 5.92 Å². The van der Waals surface area contributed by atoms with Crippen molar-refractivity contribution in [3.63, 3.8) is 0 Å². The Bertz CT molecular complexity index is 1600. The molecule has 2 aromatic rings. The summed E-state index contributed by atoms with van der Waals surface area (Å²) in [6, 6.07) is 10.9. The first-order chi connectivity index (χ1) is 23.4. The molecule has 0 saturated carbocycles. The first-order valence-corrected chi connectivity index (χ1v) is 15.7. The molecule has 5 heterocycles. The first kappa shape index (κ1) is 23.9. The van der Waals surface area contributed by atoms with Gasteiger partial charge in [-0.25, -0.2) is 0 Å². The van der Waals surface area contributed by atoms with E-state index in [0.29, 0.717) is 28.7 Å². The topological polar surface area (TPSA) is 94.7 Å². The molecule has 2 aromatic carbocycles. The molecule has 4 fully saturated rings. The van der Waals surface area contributed by atoms with Crippen molar-refractivity contribution >= 4 is 23.4 Å². The average molecular weight is 607 g/mol. The van der Waals surface area contributed by atoms with Gasteiger partial charge < -0.3 is 19.3 Å². The van der Waals surface area contributed by atoms with Gasteiger partial charge in [0.2, 0.25) is 11.8 Å². The number of ether oxygens (including phenoxy) is 2. The van der Waals surface area contributed by atoms with Crippen molar-refractivity contribution in [1.82, 2.24) is 20.0 Å². The van der Waals surface area contributed by atoms with Crippen molar-refractivity contribution in [1.29, 1.82) is 0 Å². The molecule has 4 saturated heterocycles. The number of likely N-dealkylation sites (tertiary alicyclic amines) is 1. The third-order valence-corrected chi connectivity index (χ3v) is 9.36. The van der Waals surface area contributed by atoms with E-state index in [9.17, 15) is 14.4 Å². The Morgan fingerprint density at radius 3 is 2.59 bits per heavy atom. The van der Waals surface area contributed by atoms with E-state index in [0.717, 1.165) is 78.3 Å². The zero-order valence-corrected chi connectivity index (χ0v) is 24.9. The lowest BCUT2D eigenvalue weighted by Gasteiger charge is -2.39. The van der Waals surface area contributed by atoms with Crippen LogP contribution in [0.3, 0.4) is 0 Å². The summed E-state index contributed by atoms with van der Waals surface area (Å²) < 4.78 is 52.9. The van der Waals surface area contributed by atoms with Gasteiger partial charge in [0, 0.05) is 80.9 Å². The molecule has 0 spiro atoms. The van der Waals surface area contributed by atoms with Crippen molar-refractivity contribution in [2.45, 2.75) is 57.2 Å². The molecule has 2 atom stereocenters. The van der Waals surface area contributed by atoms with Gasteiger partial charge in [0.15, 0.2) is 0 Å². The Kier molecular flexibility index (Phi) is 6.98. The highest BCUT2D eigenvalue weighted by Gasteiger charge is 2.39. The van der Waals surface area contributed by atoms with E-state index >= 15 is 0 Å². The molecule has 44 heavy (non-hydrogen) atoms. The van der Waals surface area contributed by atoms with Crippen LogP contribution in [0.1, 0.15) is 60.3 Å². The van der Waals surface area contributed by atoms with Gasteiger partial charge in [-0.1, -0.05) is 18.6 Å². The SMILES string of the molecule is [2H]C1([2H])C(=O)NC(=O)C([2H])(N2Cc3cc(OC[C@H]4CCCCN4Cc4ccc(N5CCN(CC6COC6)CC5)cc4)ccc3C2=O)C1([2H])[2H]. The summed E-state index contributed by atoms with van der Waals surface area (Å²) in [5, 5.41) is 1.75. The number of rotatable bonds is 9. The smallest absolute Gasteiger partial charge is 0.255 e. The van der Waals surface area contributed by atoms with Crippen molar-refractivity contribution in [3.8, 4) is 5.75 Å². The van der Waals surface area contributed by atoms with Gasteiger partial charge in [0.05, 0.1) is 14.6 Å². The quantitative estimate of drug-likeness (QED) is 0.436. The normalized spacial score (nSPS) is 30.8. The number of nitrogens with one attached hydrogen (secondary N) is 1. The van der Waals surface area contributed by atoms with E-state index in [2.05, 4.69) is 39.0 Å². The second-order valence-corrected chi connectivity index (χ2v) is 12.4. The number of amides is 3. The highest BCUT2D eigenvalue weighted by Crippen LogP contribution is 2.31. The Balaban J connectivity index is 0.959. The second kappa shape index (κ2) is 12.9. The van der Waals surface area contributed by atoms with E-state index in [-0.39, 0.29) is 18.2 Å². The van der Waals surface area contributed by atoms with E-state index in [1.165, 1.54) is 17.3 Å². The molecule has 7 rings (SSSR count). The number of hydrogen-bond donors (Lipinski definition) is 1. The molecule has 3 amide bonds. The van der Waals surface area contributed by atoms with Crippen LogP contribution >= 0.6 is 0 Å². The second-order valence-electron chi connectivity index (χ2n) is 12.4. The van der Waals surface area contributed by atoms with E-state index in [1.807, 2.05) is 0 Å². The minimum absolute atomic E-state index is 0.174. The number of fused-ring (bicyclic) bond motifs is 1. The van der Waals surface area contributed by atoms with E-state index in [4.69, 9.17) is 16.3 Å². The summed E-state index contributed by atoms with van der Waals surface area (Å²) in [6.45, 7) is 9.04. The number of imide groups is 1. The fourth-order valence-electron chi connectivity index (χ4n) is 6.76. The molecule has 0 aromatic heterocycles. The maximum atomic E-state index is 13.3. The zero-order valence-electron chi connectivity index (χ0n) is 29.9. The number of piperazine rings is 1. The number of carbonyl (C=O) groups excluding carboxylic acids is 3. The molecule has 5 aliphatic rings. The van der Waals surface area contributed by atoms with Crippen LogP contribution < -0.4 is 15.0 Å². The van der Waals surface area contributed by atoms with Gasteiger partial charge in [-0.3, -0.25) is 29.5 Å². The number of nitrogens with zero attached hydrogens (tertiary/aromatic N) is 4. The van der Waals surface area contributed by atoms with Gasteiger partial charge in [0.25, 0.3) is 5.91 Å². The predicted octanol–water partition coefficient (Wildman–Crippen LogP) is 2.65. The highest BCUT2D eigenvalue weighted by molar-refractivity contribution is 6.05. The fourth-order valence-corrected chi connectivity index (χ4v) is 6.76. The molecule has 1 N–H and O–H groups in total. The third-order valence-electron chi connectivity index (χ3n) is 9.36. The number of hydrogen-bond acceptors (Lipinski definition) is 8. The Morgan fingerprint density at radius 1 is 1.00 bits per heavy atom. The standard InChI is InChI=1S/C34H43N5O5/c40-32-11-10-31(33(41)35-32)39-20-26-17-29(8-9-30(26)34(39)42)44-23-28-3-1-2-12-38(28)19-24-4-6-27(7-5-24)37-15-13-36(14-16-37)18-25-21-43-22-25/h4-9,17,25,28,31H,1-3,10-16,18-23H2,(H,35,40,41)/t28-,31?/m1/s1/i10D2,11D2,31D. The monoisotopic (exact) mass is 606 g/mol. The van der Waals surface area contributed by atoms with Crippen molar-refractivity contribution in [3.05, 3.63) is 59.2 Å². The van der Waals surface area contributed by atoms with Crippen LogP contribution in [0.15, 0.2) is 42.5 Å². The van der Waals surface area contributed by atoms with E-state index in [1.54, 1.807) is 17.4 Å². The third kappa shape index (κ3) is 6.34. The molecule has 0 radical (unpaired) electrons. The van der Waals surface area contributed by atoms with Crippen LogP contribution in [0.4, 0.5) is 5.69 Å². The summed E-state index contributed by atoms with van der Waals surface area (Å²) in [6.07, 6.45) is -3.31. The lowest BCUT2D eigenvalue weighted by molar-refractivity contribution is -0.136. The van der Waals surface area contributed by atoms with Crippen LogP contribution in [-0.2, 0) is 27.4 Å². The molecular weight excluding hydrogens is 558 g/mol. The molecule has 10 heteroatoms. The molecule has 1 unspecified atom stereocenters. The minimum Gasteiger partial charge on any atom is -0.492 e. The van der Waals surface area contributed by atoms with Crippen LogP contribution in [0.2, 0.25) is 0 Å².